The van der Waals surface area contributed by atoms with Crippen LogP contribution < -0.4 is 16.4 Å². The van der Waals surface area contributed by atoms with Crippen LogP contribution in [0, 0.1) is 0 Å². The van der Waals surface area contributed by atoms with E-state index in [9.17, 15) is 0 Å². The molecule has 0 fully saturated rings. The molecule has 0 saturated carbocycles. The first-order valence-corrected chi connectivity index (χ1v) is 3.67. The fourth-order valence-electron chi connectivity index (χ4n) is 0.313. The third-order valence-corrected chi connectivity index (χ3v) is 0.566. The van der Waals surface area contributed by atoms with E-state index < -0.39 is 11.9 Å². The van der Waals surface area contributed by atoms with Crippen molar-refractivity contribution in [3.8, 4) is 0 Å². The van der Waals surface area contributed by atoms with Gasteiger partial charge in [0.2, 0.25) is 0 Å². The molecule has 0 unspecified atom stereocenters. The molecule has 16 heavy (non-hydrogen) atoms. The second-order valence-electron chi connectivity index (χ2n) is 2.01. The SMILES string of the molecule is CC(=O)[O-].CC(=O)[O-].N.[Pt+2].c1ccncc1. The third-order valence-electron chi connectivity index (χ3n) is 0.566. The van der Waals surface area contributed by atoms with E-state index in [1.54, 1.807) is 12.4 Å². The van der Waals surface area contributed by atoms with Crippen LogP contribution in [0.25, 0.3) is 0 Å². The average molecular weight is 409 g/mol. The van der Waals surface area contributed by atoms with Gasteiger partial charge in [-0.3, -0.25) is 4.98 Å². The standard InChI is InChI=1S/C5H5N.2C2H4O2.H3N.Pt/c1-2-4-6-5-3-1;2*1-2(3)4;;/h1-5H;2*1H3,(H,3,4);1H3;/q;;;;+2/p-2. The van der Waals surface area contributed by atoms with Crippen LogP contribution >= 0.6 is 0 Å². The second kappa shape index (κ2) is 19.3. The van der Waals surface area contributed by atoms with Crippen molar-refractivity contribution in [1.29, 1.82) is 0 Å². The first-order chi connectivity index (χ1) is 6.46. The molecule has 0 aliphatic heterocycles. The molecular weight excluding hydrogens is 395 g/mol. The average Bonchev–Trinajstić information content (AvgIpc) is 2.05. The topological polar surface area (TPSA) is 128 Å². The van der Waals surface area contributed by atoms with Crippen LogP contribution in [0.1, 0.15) is 13.8 Å². The molecule has 1 heterocycles. The summed E-state index contributed by atoms with van der Waals surface area (Å²) in [5, 5.41) is 17.8. The number of aliphatic carboxylic acids is 2. The van der Waals surface area contributed by atoms with E-state index in [4.69, 9.17) is 19.8 Å². The van der Waals surface area contributed by atoms with Crippen molar-refractivity contribution in [2.24, 2.45) is 0 Å². The van der Waals surface area contributed by atoms with Crippen molar-refractivity contribution in [3.63, 3.8) is 0 Å². The first-order valence-electron chi connectivity index (χ1n) is 3.67. The van der Waals surface area contributed by atoms with Crippen LogP contribution in [0.15, 0.2) is 30.6 Å². The molecule has 0 saturated heterocycles. The van der Waals surface area contributed by atoms with Gasteiger partial charge in [0.1, 0.15) is 0 Å². The van der Waals surface area contributed by atoms with Crippen molar-refractivity contribution in [1.82, 2.24) is 11.1 Å². The Labute approximate surface area is 109 Å². The minimum Gasteiger partial charge on any atom is -0.550 e. The second-order valence-corrected chi connectivity index (χ2v) is 2.01. The van der Waals surface area contributed by atoms with Crippen molar-refractivity contribution < 1.29 is 40.9 Å². The number of pyridine rings is 1. The number of aromatic nitrogens is 1. The van der Waals surface area contributed by atoms with Gasteiger partial charge in [0.15, 0.2) is 0 Å². The van der Waals surface area contributed by atoms with Crippen molar-refractivity contribution in [2.45, 2.75) is 13.8 Å². The maximum absolute atomic E-state index is 8.89. The van der Waals surface area contributed by atoms with Crippen LogP contribution in [-0.4, -0.2) is 16.9 Å². The predicted molar refractivity (Wildman–Crippen MR) is 50.6 cm³/mol. The van der Waals surface area contributed by atoms with Gasteiger partial charge in [0.05, 0.1) is 0 Å². The largest absolute Gasteiger partial charge is 2.00 e. The molecule has 7 heteroatoms. The molecule has 0 radical (unpaired) electrons. The number of nitrogens with zero attached hydrogens (tertiary/aromatic N) is 1. The fraction of sp³-hybridized carbons (Fsp3) is 0.222. The third kappa shape index (κ3) is 78.2. The number of carboxylic acids is 2. The number of carbonyl (C=O) groups is 2. The number of rotatable bonds is 0. The molecule has 0 amide bonds. The van der Waals surface area contributed by atoms with Crippen LogP contribution in [0.3, 0.4) is 0 Å². The minimum absolute atomic E-state index is 0. The molecule has 0 atom stereocenters. The number of carbonyl (C=O) groups excluding carboxylic acids is 2. The Morgan fingerprint density at radius 3 is 1.25 bits per heavy atom. The van der Waals surface area contributed by atoms with Crippen LogP contribution in [0.4, 0.5) is 0 Å². The Bertz CT molecular complexity index is 210. The zero-order valence-electron chi connectivity index (χ0n) is 8.99. The van der Waals surface area contributed by atoms with Gasteiger partial charge in [0.25, 0.3) is 0 Å². The Morgan fingerprint density at radius 1 is 0.938 bits per heavy atom. The molecule has 1 aromatic rings. The van der Waals surface area contributed by atoms with Gasteiger partial charge in [-0.25, -0.2) is 0 Å². The van der Waals surface area contributed by atoms with E-state index in [0.29, 0.717) is 0 Å². The summed E-state index contributed by atoms with van der Waals surface area (Å²) >= 11 is 0. The van der Waals surface area contributed by atoms with E-state index in [2.05, 4.69) is 4.98 Å². The van der Waals surface area contributed by atoms with Crippen molar-refractivity contribution >= 4 is 11.9 Å². The van der Waals surface area contributed by atoms with E-state index in [1.807, 2.05) is 18.2 Å². The quantitative estimate of drug-likeness (QED) is 0.571. The zero-order valence-corrected chi connectivity index (χ0v) is 11.3. The molecule has 0 aliphatic rings. The molecule has 1 rings (SSSR count). The molecule has 0 spiro atoms. The van der Waals surface area contributed by atoms with E-state index in [0.717, 1.165) is 13.8 Å². The summed E-state index contributed by atoms with van der Waals surface area (Å²) in [6.07, 6.45) is 3.50. The molecule has 3 N–H and O–H groups in total. The molecule has 94 valence electrons. The smallest absolute Gasteiger partial charge is 0.550 e. The molecule has 0 aromatic carbocycles. The zero-order chi connectivity index (χ0) is 11.4. The van der Waals surface area contributed by atoms with Gasteiger partial charge in [-0.2, -0.15) is 0 Å². The Hall–Kier alpha value is -1.26. The molecule has 0 bridgehead atoms. The van der Waals surface area contributed by atoms with Gasteiger partial charge in [-0.1, -0.05) is 6.07 Å². The van der Waals surface area contributed by atoms with Gasteiger partial charge < -0.3 is 26.0 Å². The summed E-state index contributed by atoms with van der Waals surface area (Å²) in [6, 6.07) is 5.72. The van der Waals surface area contributed by atoms with Gasteiger partial charge in [-0.15, -0.1) is 0 Å². The Kier molecular flexibility index (Phi) is 29.1. The van der Waals surface area contributed by atoms with Crippen molar-refractivity contribution in [2.75, 3.05) is 0 Å². The van der Waals surface area contributed by atoms with E-state index in [1.165, 1.54) is 0 Å². The Balaban J connectivity index is -0.0000000660. The molecule has 6 nitrogen and oxygen atoms in total. The minimum atomic E-state index is -1.08. The summed E-state index contributed by atoms with van der Waals surface area (Å²) in [5.74, 6) is -2.17. The first kappa shape index (κ1) is 24.1. The molecular formula is C9H14N2O4Pt. The maximum Gasteiger partial charge on any atom is 2.00 e. The monoisotopic (exact) mass is 409 g/mol. The molecule has 0 aliphatic carbocycles. The molecule has 1 aromatic heterocycles. The number of hydrogen-bond donors (Lipinski definition) is 1. The van der Waals surface area contributed by atoms with Crippen LogP contribution in [0.2, 0.25) is 0 Å². The summed E-state index contributed by atoms with van der Waals surface area (Å²) in [7, 11) is 0. The van der Waals surface area contributed by atoms with E-state index >= 15 is 0 Å². The van der Waals surface area contributed by atoms with Gasteiger partial charge in [0, 0.05) is 24.3 Å². The predicted octanol–water partition coefficient (Wildman–Crippen LogP) is -1.25. The van der Waals surface area contributed by atoms with Crippen LogP contribution in [-0.2, 0) is 30.7 Å². The number of hydrogen-bond acceptors (Lipinski definition) is 6. The van der Waals surface area contributed by atoms with E-state index in [-0.39, 0.29) is 27.2 Å². The van der Waals surface area contributed by atoms with Crippen molar-refractivity contribution in [3.05, 3.63) is 30.6 Å². The maximum atomic E-state index is 8.89. The fourth-order valence-corrected chi connectivity index (χ4v) is 0.313. The Morgan fingerprint density at radius 2 is 1.19 bits per heavy atom. The normalized spacial score (nSPS) is 6.12. The van der Waals surface area contributed by atoms with Gasteiger partial charge in [-0.05, 0) is 26.0 Å². The summed E-state index contributed by atoms with van der Waals surface area (Å²) in [4.78, 5) is 21.6. The number of carboxylic acid groups (broad SMARTS) is 2. The summed E-state index contributed by atoms with van der Waals surface area (Å²) < 4.78 is 0. The summed E-state index contributed by atoms with van der Waals surface area (Å²) in [6.45, 7) is 1.94. The summed E-state index contributed by atoms with van der Waals surface area (Å²) in [5.41, 5.74) is 0. The van der Waals surface area contributed by atoms with Crippen LogP contribution in [0.5, 0.6) is 0 Å². The van der Waals surface area contributed by atoms with Gasteiger partial charge >= 0.3 is 21.1 Å².